The molecule has 2 aromatic carbocycles. The molecule has 6 nitrogen and oxygen atoms in total. The van der Waals surface area contributed by atoms with Gasteiger partial charge >= 0.3 is 0 Å². The highest BCUT2D eigenvalue weighted by Gasteiger charge is 2.21. The molecule has 4 rings (SSSR count). The normalized spacial score (nSPS) is 14.0. The van der Waals surface area contributed by atoms with Crippen molar-refractivity contribution in [1.29, 1.82) is 0 Å². The number of hydrogen-bond donors (Lipinski definition) is 0. The number of piperazine rings is 1. The number of anilines is 1. The molecule has 1 saturated heterocycles. The van der Waals surface area contributed by atoms with Crippen LogP contribution in [0.1, 0.15) is 17.5 Å². The average Bonchev–Trinajstić information content (AvgIpc) is 2.79. The van der Waals surface area contributed by atoms with E-state index in [1.54, 1.807) is 6.07 Å². The van der Waals surface area contributed by atoms with Gasteiger partial charge in [-0.3, -0.25) is 9.59 Å². The molecule has 1 fully saturated rings. The van der Waals surface area contributed by atoms with Crippen LogP contribution in [0.25, 0.3) is 11.3 Å². The molecule has 6 heteroatoms. The topological polar surface area (TPSA) is 58.4 Å². The number of aromatic nitrogens is 2. The van der Waals surface area contributed by atoms with Crippen molar-refractivity contribution in [3.05, 3.63) is 82.1 Å². The van der Waals surface area contributed by atoms with E-state index in [4.69, 9.17) is 0 Å². The second-order valence-electron chi connectivity index (χ2n) is 8.10. The standard InChI is InChI=1S/C25H28N4O2/c1-19-6-8-21(9-7-19)23-10-11-25(31)29(26-23)13-12-24(30)28-16-14-27(15-17-28)22-5-3-4-20(2)18-22/h3-11,18H,12-17H2,1-2H3. The van der Waals surface area contributed by atoms with Crippen LogP contribution in [0.3, 0.4) is 0 Å². The minimum atomic E-state index is -0.187. The molecule has 0 radical (unpaired) electrons. The van der Waals surface area contributed by atoms with Gasteiger partial charge in [0, 0.05) is 49.9 Å². The molecule has 0 spiro atoms. The number of nitrogens with zero attached hydrogens (tertiary/aromatic N) is 4. The Morgan fingerprint density at radius 1 is 0.903 bits per heavy atom. The van der Waals surface area contributed by atoms with Crippen LogP contribution in [-0.4, -0.2) is 46.8 Å². The lowest BCUT2D eigenvalue weighted by Crippen LogP contribution is -2.49. The lowest BCUT2D eigenvalue weighted by atomic mass is 10.1. The Kier molecular flexibility index (Phi) is 6.16. The van der Waals surface area contributed by atoms with Gasteiger partial charge in [-0.15, -0.1) is 0 Å². The van der Waals surface area contributed by atoms with Crippen LogP contribution in [0.5, 0.6) is 0 Å². The molecule has 0 atom stereocenters. The van der Waals surface area contributed by atoms with Crippen molar-refractivity contribution >= 4 is 11.6 Å². The van der Waals surface area contributed by atoms with E-state index in [0.717, 1.165) is 24.3 Å². The monoisotopic (exact) mass is 416 g/mol. The first-order valence-corrected chi connectivity index (χ1v) is 10.7. The highest BCUT2D eigenvalue weighted by molar-refractivity contribution is 5.76. The zero-order chi connectivity index (χ0) is 21.8. The summed E-state index contributed by atoms with van der Waals surface area (Å²) in [6.07, 6.45) is 0.273. The molecular formula is C25H28N4O2. The van der Waals surface area contributed by atoms with Gasteiger partial charge in [0.2, 0.25) is 5.91 Å². The Bertz CT molecular complexity index is 1110. The van der Waals surface area contributed by atoms with E-state index >= 15 is 0 Å². The summed E-state index contributed by atoms with van der Waals surface area (Å²) < 4.78 is 1.40. The summed E-state index contributed by atoms with van der Waals surface area (Å²) in [5.41, 5.74) is 5.12. The van der Waals surface area contributed by atoms with Crippen LogP contribution < -0.4 is 10.5 Å². The van der Waals surface area contributed by atoms with E-state index in [0.29, 0.717) is 13.1 Å². The van der Waals surface area contributed by atoms with Gasteiger partial charge in [-0.25, -0.2) is 4.68 Å². The third-order valence-corrected chi connectivity index (χ3v) is 5.75. The smallest absolute Gasteiger partial charge is 0.266 e. The van der Waals surface area contributed by atoms with E-state index in [-0.39, 0.29) is 24.4 Å². The van der Waals surface area contributed by atoms with Crippen molar-refractivity contribution in [3.63, 3.8) is 0 Å². The first kappa shape index (κ1) is 20.8. The quantitative estimate of drug-likeness (QED) is 0.641. The summed E-state index contributed by atoms with van der Waals surface area (Å²) in [6, 6.07) is 19.7. The number of aryl methyl sites for hydroxylation is 3. The van der Waals surface area contributed by atoms with Gasteiger partial charge in [-0.1, -0.05) is 42.0 Å². The Morgan fingerprint density at radius 2 is 1.65 bits per heavy atom. The zero-order valence-corrected chi connectivity index (χ0v) is 18.1. The molecule has 1 aromatic heterocycles. The lowest BCUT2D eigenvalue weighted by Gasteiger charge is -2.36. The average molecular weight is 417 g/mol. The maximum atomic E-state index is 12.7. The summed E-state index contributed by atoms with van der Waals surface area (Å²) in [6.45, 7) is 7.43. The van der Waals surface area contributed by atoms with Crippen LogP contribution in [0.2, 0.25) is 0 Å². The number of carbonyl (C=O) groups excluding carboxylic acids is 1. The van der Waals surface area contributed by atoms with Gasteiger partial charge in [0.05, 0.1) is 12.2 Å². The minimum Gasteiger partial charge on any atom is -0.368 e. The van der Waals surface area contributed by atoms with E-state index in [9.17, 15) is 9.59 Å². The maximum absolute atomic E-state index is 12.7. The molecule has 31 heavy (non-hydrogen) atoms. The second-order valence-corrected chi connectivity index (χ2v) is 8.10. The number of hydrogen-bond acceptors (Lipinski definition) is 4. The first-order chi connectivity index (χ1) is 15.0. The molecule has 1 amide bonds. The zero-order valence-electron chi connectivity index (χ0n) is 18.1. The molecule has 0 unspecified atom stereocenters. The van der Waals surface area contributed by atoms with Gasteiger partial charge in [0.15, 0.2) is 0 Å². The molecule has 3 aromatic rings. The largest absolute Gasteiger partial charge is 0.368 e. The van der Waals surface area contributed by atoms with E-state index in [1.807, 2.05) is 36.1 Å². The predicted molar refractivity (Wildman–Crippen MR) is 123 cm³/mol. The Morgan fingerprint density at radius 3 is 2.35 bits per heavy atom. The molecule has 1 aliphatic rings. The van der Waals surface area contributed by atoms with Gasteiger partial charge in [0.1, 0.15) is 0 Å². The molecule has 2 heterocycles. The Hall–Kier alpha value is -3.41. The molecule has 0 aliphatic carbocycles. The second kappa shape index (κ2) is 9.16. The van der Waals surface area contributed by atoms with Gasteiger partial charge in [-0.05, 0) is 37.6 Å². The van der Waals surface area contributed by atoms with Crippen LogP contribution in [0.15, 0.2) is 65.5 Å². The summed E-state index contributed by atoms with van der Waals surface area (Å²) >= 11 is 0. The molecule has 0 saturated carbocycles. The number of amides is 1. The van der Waals surface area contributed by atoms with Gasteiger partial charge < -0.3 is 9.80 Å². The minimum absolute atomic E-state index is 0.0679. The third kappa shape index (κ3) is 5.02. The number of carbonyl (C=O) groups is 1. The van der Waals surface area contributed by atoms with Gasteiger partial charge in [0.25, 0.3) is 5.56 Å². The lowest BCUT2D eigenvalue weighted by molar-refractivity contribution is -0.131. The number of rotatable bonds is 5. The predicted octanol–water partition coefficient (Wildman–Crippen LogP) is 3.27. The Balaban J connectivity index is 1.35. The summed E-state index contributed by atoms with van der Waals surface area (Å²) in [5.74, 6) is 0.0679. The van der Waals surface area contributed by atoms with Crippen LogP contribution in [0.4, 0.5) is 5.69 Å². The summed E-state index contributed by atoms with van der Waals surface area (Å²) in [7, 11) is 0. The number of benzene rings is 2. The van der Waals surface area contributed by atoms with Crippen LogP contribution in [0, 0.1) is 13.8 Å². The van der Waals surface area contributed by atoms with Crippen molar-refractivity contribution in [2.75, 3.05) is 31.1 Å². The highest BCUT2D eigenvalue weighted by atomic mass is 16.2. The Labute approximate surface area is 182 Å². The fourth-order valence-electron chi connectivity index (χ4n) is 3.89. The highest BCUT2D eigenvalue weighted by Crippen LogP contribution is 2.18. The maximum Gasteiger partial charge on any atom is 0.266 e. The molecule has 0 bridgehead atoms. The summed E-state index contributed by atoms with van der Waals surface area (Å²) in [5, 5.41) is 4.47. The van der Waals surface area contributed by atoms with Crippen molar-refractivity contribution < 1.29 is 4.79 Å². The van der Waals surface area contributed by atoms with Crippen molar-refractivity contribution in [1.82, 2.24) is 14.7 Å². The third-order valence-electron chi connectivity index (χ3n) is 5.75. The van der Waals surface area contributed by atoms with E-state index in [2.05, 4.69) is 41.2 Å². The molecule has 1 aliphatic heterocycles. The van der Waals surface area contributed by atoms with Crippen molar-refractivity contribution in [2.24, 2.45) is 0 Å². The van der Waals surface area contributed by atoms with Gasteiger partial charge in [-0.2, -0.15) is 5.10 Å². The fraction of sp³-hybridized carbons (Fsp3) is 0.320. The first-order valence-electron chi connectivity index (χ1n) is 10.7. The molecule has 160 valence electrons. The van der Waals surface area contributed by atoms with E-state index in [1.165, 1.54) is 27.6 Å². The van der Waals surface area contributed by atoms with Crippen molar-refractivity contribution in [3.8, 4) is 11.3 Å². The van der Waals surface area contributed by atoms with E-state index < -0.39 is 0 Å². The fourth-order valence-corrected chi connectivity index (χ4v) is 3.89. The SMILES string of the molecule is Cc1ccc(-c2ccc(=O)n(CCC(=O)N3CCN(c4cccc(C)c4)CC3)n2)cc1. The molecular weight excluding hydrogens is 388 g/mol. The van der Waals surface area contributed by atoms with Crippen LogP contribution >= 0.6 is 0 Å². The summed E-state index contributed by atoms with van der Waals surface area (Å²) in [4.78, 5) is 29.2. The van der Waals surface area contributed by atoms with Crippen LogP contribution in [-0.2, 0) is 11.3 Å². The molecule has 0 N–H and O–H groups in total. The van der Waals surface area contributed by atoms with Crippen molar-refractivity contribution in [2.45, 2.75) is 26.8 Å².